The molecule has 0 saturated carbocycles. The van der Waals surface area contributed by atoms with Crippen LogP contribution in [0.1, 0.15) is 138 Å². The summed E-state index contributed by atoms with van der Waals surface area (Å²) in [5.74, 6) is 1.65. The van der Waals surface area contributed by atoms with Crippen molar-refractivity contribution in [3.63, 3.8) is 0 Å². The van der Waals surface area contributed by atoms with E-state index in [1.54, 1.807) is 20.8 Å². The third-order valence-electron chi connectivity index (χ3n) is 7.45. The summed E-state index contributed by atoms with van der Waals surface area (Å²) in [7, 11) is 0. The van der Waals surface area contributed by atoms with Gasteiger partial charge in [0.05, 0.1) is 17.9 Å². The number of carbonyl (C=O) groups excluding carboxylic acids is 1. The lowest BCUT2D eigenvalue weighted by molar-refractivity contribution is -0.156. The second-order valence-corrected chi connectivity index (χ2v) is 13.1. The first-order chi connectivity index (χ1) is 16.5. The highest BCUT2D eigenvalue weighted by atomic mass is 32.2. The molecule has 0 amide bonds. The number of hydrogen-bond acceptors (Lipinski definition) is 4. The van der Waals surface area contributed by atoms with Crippen molar-refractivity contribution in [1.82, 2.24) is 0 Å². The van der Waals surface area contributed by atoms with Gasteiger partial charge in [0.15, 0.2) is 0 Å². The first kappa shape index (κ1) is 34.3. The van der Waals surface area contributed by atoms with Gasteiger partial charge >= 0.3 is 11.9 Å². The molecule has 0 saturated heterocycles. The van der Waals surface area contributed by atoms with E-state index in [1.165, 1.54) is 82.1 Å². The van der Waals surface area contributed by atoms with Crippen LogP contribution in [0, 0.1) is 22.7 Å². The Hall–Kier alpha value is -0.710. The van der Waals surface area contributed by atoms with E-state index in [1.807, 2.05) is 0 Å². The molecule has 0 aromatic carbocycles. The van der Waals surface area contributed by atoms with Gasteiger partial charge in [-0.3, -0.25) is 9.59 Å². The van der Waals surface area contributed by atoms with Crippen LogP contribution in [-0.2, 0) is 14.3 Å². The zero-order valence-electron chi connectivity index (χ0n) is 24.3. The van der Waals surface area contributed by atoms with Gasteiger partial charge in [-0.05, 0) is 81.6 Å². The van der Waals surface area contributed by atoms with Crippen molar-refractivity contribution in [2.75, 3.05) is 18.1 Å². The van der Waals surface area contributed by atoms with Gasteiger partial charge in [0, 0.05) is 0 Å². The summed E-state index contributed by atoms with van der Waals surface area (Å²) >= 11 is 2.10. The van der Waals surface area contributed by atoms with Gasteiger partial charge in [-0.2, -0.15) is 11.8 Å². The highest BCUT2D eigenvalue weighted by Crippen LogP contribution is 2.38. The number of ether oxygens (including phenoxy) is 1. The normalized spacial score (nSPS) is 14.0. The molecular formula is C30H58O4S. The Kier molecular flexibility index (Phi) is 19.0. The molecule has 0 aliphatic carbocycles. The van der Waals surface area contributed by atoms with E-state index < -0.39 is 17.3 Å². The van der Waals surface area contributed by atoms with Gasteiger partial charge in [-0.15, -0.1) is 0 Å². The zero-order valence-corrected chi connectivity index (χ0v) is 25.1. The van der Waals surface area contributed by atoms with Gasteiger partial charge in [0.1, 0.15) is 0 Å². The summed E-state index contributed by atoms with van der Waals surface area (Å²) in [6.07, 6.45) is 16.9. The fraction of sp³-hybridized carbons (Fsp3) is 0.933. The van der Waals surface area contributed by atoms with Crippen LogP contribution in [0.3, 0.4) is 0 Å². The third-order valence-corrected chi connectivity index (χ3v) is 8.61. The van der Waals surface area contributed by atoms with Crippen LogP contribution in [0.25, 0.3) is 0 Å². The van der Waals surface area contributed by atoms with Crippen LogP contribution >= 0.6 is 11.8 Å². The number of carbonyl (C=O) groups is 2. The molecular weight excluding hydrogens is 456 g/mol. The number of carboxylic acid groups (broad SMARTS) is 1. The Morgan fingerprint density at radius 3 is 2.06 bits per heavy atom. The zero-order chi connectivity index (χ0) is 26.7. The van der Waals surface area contributed by atoms with E-state index in [2.05, 4.69) is 39.5 Å². The molecule has 5 heteroatoms. The predicted molar refractivity (Wildman–Crippen MR) is 152 cm³/mol. The van der Waals surface area contributed by atoms with Crippen LogP contribution < -0.4 is 0 Å². The van der Waals surface area contributed by atoms with E-state index in [0.717, 1.165) is 18.8 Å². The average Bonchev–Trinajstić information content (AvgIpc) is 2.77. The molecule has 35 heavy (non-hydrogen) atoms. The van der Waals surface area contributed by atoms with Crippen molar-refractivity contribution in [1.29, 1.82) is 0 Å². The highest BCUT2D eigenvalue weighted by Gasteiger charge is 2.33. The van der Waals surface area contributed by atoms with Gasteiger partial charge < -0.3 is 9.84 Å². The number of rotatable bonds is 23. The molecule has 0 aliphatic rings. The summed E-state index contributed by atoms with van der Waals surface area (Å²) < 4.78 is 5.42. The topological polar surface area (TPSA) is 63.6 Å². The molecule has 0 heterocycles. The van der Waals surface area contributed by atoms with E-state index in [-0.39, 0.29) is 5.97 Å². The first-order valence-electron chi connectivity index (χ1n) is 14.5. The van der Waals surface area contributed by atoms with Crippen LogP contribution in [0.2, 0.25) is 0 Å². The molecule has 0 aromatic heterocycles. The fourth-order valence-electron chi connectivity index (χ4n) is 5.08. The van der Waals surface area contributed by atoms with E-state index >= 15 is 0 Å². The largest absolute Gasteiger partial charge is 0.481 e. The lowest BCUT2D eigenvalue weighted by Gasteiger charge is -2.35. The van der Waals surface area contributed by atoms with Crippen molar-refractivity contribution in [2.45, 2.75) is 138 Å². The Morgan fingerprint density at radius 2 is 1.43 bits per heavy atom. The van der Waals surface area contributed by atoms with Gasteiger partial charge in [-0.25, -0.2) is 0 Å². The minimum absolute atomic E-state index is 0.285. The minimum Gasteiger partial charge on any atom is -0.481 e. The number of esters is 1. The first-order valence-corrected chi connectivity index (χ1v) is 15.6. The Morgan fingerprint density at radius 1 is 0.829 bits per heavy atom. The number of aliphatic carboxylic acids is 1. The molecule has 0 aromatic rings. The van der Waals surface area contributed by atoms with Gasteiger partial charge in [0.2, 0.25) is 0 Å². The summed E-state index contributed by atoms with van der Waals surface area (Å²) in [6.45, 7) is 15.2. The maximum Gasteiger partial charge on any atom is 0.311 e. The average molecular weight is 515 g/mol. The molecule has 0 radical (unpaired) electrons. The molecule has 1 N–H and O–H groups in total. The lowest BCUT2D eigenvalue weighted by Crippen LogP contribution is -2.31. The quantitative estimate of drug-likeness (QED) is 0.109. The van der Waals surface area contributed by atoms with Crippen molar-refractivity contribution < 1.29 is 19.4 Å². The standard InChI is InChI=1S/C30H58O4S/c1-8-10-11-14-18-26(29(4,5)20-9-2)19-17-23-35-22-16-13-12-15-21-34-28(33)30(6,7)24-25(3)27(31)32/h25-26H,8-24H2,1-7H3,(H,31,32). The van der Waals surface area contributed by atoms with Crippen molar-refractivity contribution in [3.05, 3.63) is 0 Å². The predicted octanol–water partition coefficient (Wildman–Crippen LogP) is 9.15. The van der Waals surface area contributed by atoms with E-state index in [0.29, 0.717) is 18.4 Å². The molecule has 0 fully saturated rings. The molecule has 0 spiro atoms. The Labute approximate surface area is 222 Å². The number of hydrogen-bond donors (Lipinski definition) is 1. The molecule has 2 unspecified atom stereocenters. The minimum atomic E-state index is -0.869. The van der Waals surface area contributed by atoms with E-state index in [9.17, 15) is 9.59 Å². The second kappa shape index (κ2) is 19.4. The third kappa shape index (κ3) is 16.6. The maximum atomic E-state index is 12.3. The summed E-state index contributed by atoms with van der Waals surface area (Å²) in [4.78, 5) is 23.3. The number of thioether (sulfide) groups is 1. The molecule has 4 nitrogen and oxygen atoms in total. The maximum absolute atomic E-state index is 12.3. The van der Waals surface area contributed by atoms with Crippen molar-refractivity contribution in [2.24, 2.45) is 22.7 Å². The molecule has 2 atom stereocenters. The number of unbranched alkanes of at least 4 members (excludes halogenated alkanes) is 6. The van der Waals surface area contributed by atoms with Crippen LogP contribution in [0.4, 0.5) is 0 Å². The lowest BCUT2D eigenvalue weighted by atomic mass is 9.71. The van der Waals surface area contributed by atoms with Crippen LogP contribution in [-0.4, -0.2) is 35.2 Å². The Balaban J connectivity index is 3.93. The Bertz CT molecular complexity index is 559. The van der Waals surface area contributed by atoms with Crippen LogP contribution in [0.5, 0.6) is 0 Å². The van der Waals surface area contributed by atoms with Gasteiger partial charge in [-0.1, -0.05) is 79.6 Å². The van der Waals surface area contributed by atoms with Crippen LogP contribution in [0.15, 0.2) is 0 Å². The summed E-state index contributed by atoms with van der Waals surface area (Å²) in [6, 6.07) is 0. The smallest absolute Gasteiger partial charge is 0.311 e. The number of carboxylic acids is 1. The molecule has 0 rings (SSSR count). The monoisotopic (exact) mass is 514 g/mol. The second-order valence-electron chi connectivity index (χ2n) is 11.9. The molecule has 208 valence electrons. The molecule has 0 bridgehead atoms. The highest BCUT2D eigenvalue weighted by molar-refractivity contribution is 7.99. The SMILES string of the molecule is CCCCCCC(CCCSCCCCCCOC(=O)C(C)(C)CC(C)C(=O)O)C(C)(C)CCC. The van der Waals surface area contributed by atoms with Crippen molar-refractivity contribution >= 4 is 23.7 Å². The van der Waals surface area contributed by atoms with E-state index in [4.69, 9.17) is 9.84 Å². The summed E-state index contributed by atoms with van der Waals surface area (Å²) in [5.41, 5.74) is -0.284. The fourth-order valence-corrected chi connectivity index (χ4v) is 6.06. The van der Waals surface area contributed by atoms with Gasteiger partial charge in [0.25, 0.3) is 0 Å². The molecule has 0 aliphatic heterocycles. The van der Waals surface area contributed by atoms with Crippen molar-refractivity contribution in [3.8, 4) is 0 Å². The summed E-state index contributed by atoms with van der Waals surface area (Å²) in [5, 5.41) is 9.06.